The quantitative estimate of drug-likeness (QED) is 0.872. The fourth-order valence-electron chi connectivity index (χ4n) is 3.23. The van der Waals surface area contributed by atoms with Gasteiger partial charge in [-0.05, 0) is 25.2 Å². The number of aromatic nitrogens is 2. The number of fused-ring (bicyclic) bond motifs is 1. The molecule has 0 saturated carbocycles. The number of imidazole rings is 1. The van der Waals surface area contributed by atoms with Crippen LogP contribution in [0.3, 0.4) is 0 Å². The summed E-state index contributed by atoms with van der Waals surface area (Å²) in [7, 11) is 2.00. The summed E-state index contributed by atoms with van der Waals surface area (Å²) in [5, 5.41) is 3.41. The van der Waals surface area contributed by atoms with Crippen molar-refractivity contribution in [1.29, 1.82) is 0 Å². The zero-order valence-corrected chi connectivity index (χ0v) is 12.2. The van der Waals surface area contributed by atoms with E-state index in [1.165, 1.54) is 5.57 Å². The van der Waals surface area contributed by atoms with Crippen molar-refractivity contribution in [3.63, 3.8) is 0 Å². The van der Waals surface area contributed by atoms with Gasteiger partial charge in [0, 0.05) is 37.2 Å². The third-order valence-electron chi connectivity index (χ3n) is 4.33. The number of hydrogen-bond acceptors (Lipinski definition) is 3. The number of piperidine rings is 1. The van der Waals surface area contributed by atoms with Crippen LogP contribution in [0.25, 0.3) is 5.57 Å². The van der Waals surface area contributed by atoms with Crippen molar-refractivity contribution >= 4 is 5.57 Å². The van der Waals surface area contributed by atoms with Gasteiger partial charge in [0.25, 0.3) is 0 Å². The first-order chi connectivity index (χ1) is 10.3. The third kappa shape index (κ3) is 2.16. The first-order valence-corrected chi connectivity index (χ1v) is 7.46. The second-order valence-corrected chi connectivity index (χ2v) is 5.90. The Bertz CT molecular complexity index is 696. The first-order valence-electron chi connectivity index (χ1n) is 7.46. The minimum absolute atomic E-state index is 0.188. The van der Waals surface area contributed by atoms with Gasteiger partial charge in [-0.25, -0.2) is 4.98 Å². The van der Waals surface area contributed by atoms with Gasteiger partial charge in [-0.2, -0.15) is 0 Å². The molecule has 1 N–H and O–H groups in total. The van der Waals surface area contributed by atoms with Crippen LogP contribution >= 0.6 is 0 Å². The SMILES string of the molecule is Cn1cnc(C2=CC3(CCNCC3)Oc3ccccc32)c1. The van der Waals surface area contributed by atoms with Crippen LogP contribution in [0.4, 0.5) is 0 Å². The molecule has 1 fully saturated rings. The Morgan fingerprint density at radius 2 is 2.05 bits per heavy atom. The summed E-state index contributed by atoms with van der Waals surface area (Å²) in [5.74, 6) is 0.975. The summed E-state index contributed by atoms with van der Waals surface area (Å²) < 4.78 is 8.36. The maximum Gasteiger partial charge on any atom is 0.131 e. The fraction of sp³-hybridized carbons (Fsp3) is 0.353. The minimum atomic E-state index is -0.188. The zero-order valence-electron chi connectivity index (χ0n) is 12.2. The monoisotopic (exact) mass is 281 g/mol. The Labute approximate surface area is 124 Å². The van der Waals surface area contributed by atoms with Crippen LogP contribution in [0.15, 0.2) is 42.9 Å². The summed E-state index contributed by atoms with van der Waals surface area (Å²) in [6.07, 6.45) is 8.21. The first kappa shape index (κ1) is 12.7. The van der Waals surface area contributed by atoms with Gasteiger partial charge >= 0.3 is 0 Å². The maximum absolute atomic E-state index is 6.37. The molecule has 108 valence electrons. The van der Waals surface area contributed by atoms with Crippen LogP contribution in [0.2, 0.25) is 0 Å². The molecule has 2 aliphatic heterocycles. The summed E-state index contributed by atoms with van der Waals surface area (Å²) in [5.41, 5.74) is 3.16. The van der Waals surface area contributed by atoms with Crippen molar-refractivity contribution in [2.45, 2.75) is 18.4 Å². The zero-order chi connectivity index (χ0) is 14.3. The van der Waals surface area contributed by atoms with E-state index < -0.39 is 0 Å². The number of nitrogens with zero attached hydrogens (tertiary/aromatic N) is 2. The molecule has 4 nitrogen and oxygen atoms in total. The molecule has 0 atom stereocenters. The molecule has 0 aliphatic carbocycles. The van der Waals surface area contributed by atoms with E-state index in [0.717, 1.165) is 42.9 Å². The van der Waals surface area contributed by atoms with Gasteiger partial charge in [-0.3, -0.25) is 0 Å². The van der Waals surface area contributed by atoms with Crippen molar-refractivity contribution in [2.75, 3.05) is 13.1 Å². The average Bonchev–Trinajstić information content (AvgIpc) is 2.94. The third-order valence-corrected chi connectivity index (χ3v) is 4.33. The van der Waals surface area contributed by atoms with Crippen LogP contribution < -0.4 is 10.1 Å². The number of ether oxygens (including phenoxy) is 1. The van der Waals surface area contributed by atoms with E-state index in [-0.39, 0.29) is 5.60 Å². The van der Waals surface area contributed by atoms with E-state index in [4.69, 9.17) is 4.74 Å². The van der Waals surface area contributed by atoms with Gasteiger partial charge in [-0.1, -0.05) is 18.2 Å². The molecule has 0 unspecified atom stereocenters. The lowest BCUT2D eigenvalue weighted by Gasteiger charge is -2.39. The van der Waals surface area contributed by atoms with Crippen molar-refractivity contribution < 1.29 is 4.74 Å². The molecule has 4 heteroatoms. The summed E-state index contributed by atoms with van der Waals surface area (Å²) in [4.78, 5) is 4.54. The molecule has 0 bridgehead atoms. The number of rotatable bonds is 1. The van der Waals surface area contributed by atoms with E-state index in [9.17, 15) is 0 Å². The highest BCUT2D eigenvalue weighted by molar-refractivity contribution is 5.83. The Morgan fingerprint density at radius 3 is 2.81 bits per heavy atom. The average molecular weight is 281 g/mol. The van der Waals surface area contributed by atoms with Crippen molar-refractivity contribution in [2.24, 2.45) is 7.05 Å². The Morgan fingerprint density at radius 1 is 1.24 bits per heavy atom. The highest BCUT2D eigenvalue weighted by atomic mass is 16.5. The molecular weight excluding hydrogens is 262 g/mol. The topological polar surface area (TPSA) is 39.1 Å². The number of benzene rings is 1. The molecule has 1 aromatic carbocycles. The maximum atomic E-state index is 6.37. The predicted molar refractivity (Wildman–Crippen MR) is 82.2 cm³/mol. The molecule has 1 saturated heterocycles. The second kappa shape index (κ2) is 4.74. The summed E-state index contributed by atoms with van der Waals surface area (Å²) in [6.45, 7) is 1.99. The number of aryl methyl sites for hydroxylation is 1. The van der Waals surface area contributed by atoms with Crippen LogP contribution in [-0.4, -0.2) is 28.2 Å². The van der Waals surface area contributed by atoms with Crippen molar-refractivity contribution in [3.8, 4) is 5.75 Å². The summed E-state index contributed by atoms with van der Waals surface area (Å²) >= 11 is 0. The van der Waals surface area contributed by atoms with E-state index >= 15 is 0 Å². The van der Waals surface area contributed by atoms with E-state index in [1.807, 2.05) is 24.0 Å². The number of nitrogens with one attached hydrogen (secondary N) is 1. The second-order valence-electron chi connectivity index (χ2n) is 5.90. The normalized spacial score (nSPS) is 19.8. The van der Waals surface area contributed by atoms with Crippen LogP contribution in [0, 0.1) is 0 Å². The van der Waals surface area contributed by atoms with Crippen LogP contribution in [0.5, 0.6) is 5.75 Å². The molecule has 2 aromatic rings. The van der Waals surface area contributed by atoms with Gasteiger partial charge < -0.3 is 14.6 Å². The molecule has 0 amide bonds. The Kier molecular flexibility index (Phi) is 2.86. The highest BCUT2D eigenvalue weighted by Gasteiger charge is 2.37. The molecule has 3 heterocycles. The lowest BCUT2D eigenvalue weighted by atomic mass is 9.85. The lowest BCUT2D eigenvalue weighted by molar-refractivity contribution is 0.0816. The smallest absolute Gasteiger partial charge is 0.131 e. The largest absolute Gasteiger partial charge is 0.482 e. The van der Waals surface area contributed by atoms with Gasteiger partial charge in [0.2, 0.25) is 0 Å². The molecule has 0 radical (unpaired) electrons. The van der Waals surface area contributed by atoms with Gasteiger partial charge in [0.1, 0.15) is 11.4 Å². The van der Waals surface area contributed by atoms with Gasteiger partial charge in [0.05, 0.1) is 12.0 Å². The molecule has 2 aliphatic rings. The Balaban J connectivity index is 1.86. The lowest BCUT2D eigenvalue weighted by Crippen LogP contribution is -2.46. The van der Waals surface area contributed by atoms with Crippen molar-refractivity contribution in [3.05, 3.63) is 54.1 Å². The molecule has 1 spiro atoms. The number of para-hydroxylation sites is 1. The van der Waals surface area contributed by atoms with Gasteiger partial charge in [-0.15, -0.1) is 0 Å². The van der Waals surface area contributed by atoms with E-state index in [1.54, 1.807) is 0 Å². The summed E-state index contributed by atoms with van der Waals surface area (Å²) in [6, 6.07) is 8.27. The van der Waals surface area contributed by atoms with Crippen LogP contribution in [-0.2, 0) is 7.05 Å². The number of hydrogen-bond donors (Lipinski definition) is 1. The molecule has 4 rings (SSSR count). The molecule has 21 heavy (non-hydrogen) atoms. The van der Waals surface area contributed by atoms with E-state index in [2.05, 4.69) is 40.8 Å². The predicted octanol–water partition coefficient (Wildman–Crippen LogP) is 2.37. The Hall–Kier alpha value is -2.07. The van der Waals surface area contributed by atoms with E-state index in [0.29, 0.717) is 0 Å². The molecule has 1 aromatic heterocycles. The van der Waals surface area contributed by atoms with Gasteiger partial charge in [0.15, 0.2) is 0 Å². The van der Waals surface area contributed by atoms with Crippen LogP contribution in [0.1, 0.15) is 24.1 Å². The standard InChI is InChI=1S/C17H19N3O/c1-20-11-15(19-12-20)14-10-17(6-8-18-9-7-17)21-16-5-3-2-4-13(14)16/h2-5,10-12,18H,6-9H2,1H3. The highest BCUT2D eigenvalue weighted by Crippen LogP contribution is 2.41. The minimum Gasteiger partial charge on any atom is -0.482 e. The van der Waals surface area contributed by atoms with Crippen molar-refractivity contribution in [1.82, 2.24) is 14.9 Å². The fourth-order valence-corrected chi connectivity index (χ4v) is 3.23. The molecular formula is C17H19N3O.